The van der Waals surface area contributed by atoms with E-state index in [0.717, 1.165) is 17.7 Å². The van der Waals surface area contributed by atoms with Gasteiger partial charge in [-0.15, -0.1) is 0 Å². The van der Waals surface area contributed by atoms with Crippen LogP contribution in [0.25, 0.3) is 0 Å². The van der Waals surface area contributed by atoms with Gasteiger partial charge in [-0.25, -0.2) is 0 Å². The molecule has 2 N–H and O–H groups in total. The molecule has 5 heteroatoms. The van der Waals surface area contributed by atoms with Crippen LogP contribution in [-0.4, -0.2) is 30.1 Å². The molecule has 1 saturated heterocycles. The van der Waals surface area contributed by atoms with Crippen LogP contribution in [-0.2, 0) is 16.0 Å². The quantitative estimate of drug-likeness (QED) is 0.873. The molecule has 0 bridgehead atoms. The number of nitrogens with one attached hydrogen (secondary N) is 2. The Hall–Kier alpha value is -1.88. The van der Waals surface area contributed by atoms with E-state index in [4.69, 9.17) is 4.74 Å². The van der Waals surface area contributed by atoms with E-state index in [1.54, 1.807) is 12.1 Å². The monoisotopic (exact) mass is 288 g/mol. The van der Waals surface area contributed by atoms with Gasteiger partial charge in [0.25, 0.3) is 5.91 Å². The van der Waals surface area contributed by atoms with Crippen LogP contribution in [0.2, 0.25) is 0 Å². The summed E-state index contributed by atoms with van der Waals surface area (Å²) >= 11 is 0. The SMILES string of the molecule is CC1(C)CC(NC(=O)c2ccc3c(c2)CCC(=O)N3)CO1. The highest BCUT2D eigenvalue weighted by atomic mass is 16.5. The Morgan fingerprint density at radius 3 is 2.90 bits per heavy atom. The lowest BCUT2D eigenvalue weighted by Crippen LogP contribution is -2.36. The van der Waals surface area contributed by atoms with Crippen molar-refractivity contribution < 1.29 is 14.3 Å². The van der Waals surface area contributed by atoms with Crippen molar-refractivity contribution in [1.29, 1.82) is 0 Å². The van der Waals surface area contributed by atoms with E-state index < -0.39 is 0 Å². The van der Waals surface area contributed by atoms with Crippen LogP contribution < -0.4 is 10.6 Å². The predicted octanol–water partition coefficient (Wildman–Crippen LogP) is 1.87. The number of carbonyl (C=O) groups excluding carboxylic acids is 2. The highest BCUT2D eigenvalue weighted by Gasteiger charge is 2.32. The molecule has 2 aliphatic rings. The molecule has 1 aromatic carbocycles. The molecule has 0 spiro atoms. The third kappa shape index (κ3) is 3.08. The minimum atomic E-state index is -0.169. The highest BCUT2D eigenvalue weighted by molar-refractivity contribution is 5.98. The first-order valence-electron chi connectivity index (χ1n) is 7.30. The third-order valence-corrected chi connectivity index (χ3v) is 4.01. The smallest absolute Gasteiger partial charge is 0.251 e. The lowest BCUT2D eigenvalue weighted by atomic mass is 9.99. The van der Waals surface area contributed by atoms with Crippen LogP contribution in [0.5, 0.6) is 0 Å². The summed E-state index contributed by atoms with van der Waals surface area (Å²) in [6, 6.07) is 5.48. The number of hydrogen-bond donors (Lipinski definition) is 2. The number of carbonyl (C=O) groups is 2. The zero-order valence-electron chi connectivity index (χ0n) is 12.4. The maximum Gasteiger partial charge on any atom is 0.251 e. The van der Waals surface area contributed by atoms with Crippen LogP contribution in [0, 0.1) is 0 Å². The number of hydrogen-bond acceptors (Lipinski definition) is 3. The van der Waals surface area contributed by atoms with Gasteiger partial charge in [0, 0.05) is 17.7 Å². The Labute approximate surface area is 124 Å². The molecular formula is C16H20N2O3. The molecule has 112 valence electrons. The largest absolute Gasteiger partial charge is 0.373 e. The Balaban J connectivity index is 1.70. The van der Waals surface area contributed by atoms with Crippen LogP contribution in [0.4, 0.5) is 5.69 Å². The van der Waals surface area contributed by atoms with Crippen LogP contribution in [0.1, 0.15) is 42.6 Å². The summed E-state index contributed by atoms with van der Waals surface area (Å²) in [5, 5.41) is 5.83. The number of ether oxygens (including phenoxy) is 1. The Morgan fingerprint density at radius 2 is 2.19 bits per heavy atom. The average Bonchev–Trinajstić information content (AvgIpc) is 2.77. The second kappa shape index (κ2) is 5.15. The number of fused-ring (bicyclic) bond motifs is 1. The normalized spacial score (nSPS) is 23.3. The fourth-order valence-electron chi connectivity index (χ4n) is 2.92. The molecule has 3 rings (SSSR count). The van der Waals surface area contributed by atoms with Crippen LogP contribution in [0.15, 0.2) is 18.2 Å². The van der Waals surface area contributed by atoms with Crippen molar-refractivity contribution in [3.05, 3.63) is 29.3 Å². The van der Waals surface area contributed by atoms with Crippen molar-refractivity contribution in [2.75, 3.05) is 11.9 Å². The summed E-state index contributed by atoms with van der Waals surface area (Å²) in [5.41, 5.74) is 2.30. The molecule has 21 heavy (non-hydrogen) atoms. The molecule has 2 heterocycles. The topological polar surface area (TPSA) is 67.4 Å². The molecule has 1 aromatic rings. The second-order valence-electron chi connectivity index (χ2n) is 6.37. The van der Waals surface area contributed by atoms with Crippen molar-refractivity contribution in [3.8, 4) is 0 Å². The molecule has 1 atom stereocenters. The Kier molecular flexibility index (Phi) is 3.45. The van der Waals surface area contributed by atoms with Crippen molar-refractivity contribution in [3.63, 3.8) is 0 Å². The van der Waals surface area contributed by atoms with Gasteiger partial charge >= 0.3 is 0 Å². The van der Waals surface area contributed by atoms with E-state index >= 15 is 0 Å². The number of amides is 2. The lowest BCUT2D eigenvalue weighted by molar-refractivity contribution is -0.116. The number of benzene rings is 1. The zero-order chi connectivity index (χ0) is 15.0. The Bertz CT molecular complexity index is 595. The lowest BCUT2D eigenvalue weighted by Gasteiger charge is -2.18. The molecular weight excluding hydrogens is 268 g/mol. The van der Waals surface area contributed by atoms with E-state index in [-0.39, 0.29) is 23.5 Å². The minimum Gasteiger partial charge on any atom is -0.373 e. The van der Waals surface area contributed by atoms with Crippen LogP contribution >= 0.6 is 0 Å². The summed E-state index contributed by atoms with van der Waals surface area (Å²) in [5.74, 6) is -0.0500. The van der Waals surface area contributed by atoms with E-state index in [1.165, 1.54) is 0 Å². The summed E-state index contributed by atoms with van der Waals surface area (Å²) in [7, 11) is 0. The van der Waals surface area contributed by atoms with Gasteiger partial charge in [0.05, 0.1) is 18.2 Å². The van der Waals surface area contributed by atoms with E-state index in [9.17, 15) is 9.59 Å². The third-order valence-electron chi connectivity index (χ3n) is 4.01. The molecule has 2 aliphatic heterocycles. The van der Waals surface area contributed by atoms with Gasteiger partial charge in [-0.1, -0.05) is 0 Å². The van der Waals surface area contributed by atoms with Crippen molar-refractivity contribution in [2.24, 2.45) is 0 Å². The maximum absolute atomic E-state index is 12.3. The van der Waals surface area contributed by atoms with Gasteiger partial charge in [-0.3, -0.25) is 9.59 Å². The van der Waals surface area contributed by atoms with Gasteiger partial charge in [-0.05, 0) is 50.5 Å². The molecule has 2 amide bonds. The fourth-order valence-corrected chi connectivity index (χ4v) is 2.92. The first kappa shape index (κ1) is 14.1. The van der Waals surface area contributed by atoms with E-state index in [1.807, 2.05) is 19.9 Å². The number of anilines is 1. The number of aryl methyl sites for hydroxylation is 1. The fraction of sp³-hybridized carbons (Fsp3) is 0.500. The van der Waals surface area contributed by atoms with E-state index in [0.29, 0.717) is 25.0 Å². The summed E-state index contributed by atoms with van der Waals surface area (Å²) in [6.45, 7) is 4.61. The van der Waals surface area contributed by atoms with Gasteiger partial charge < -0.3 is 15.4 Å². The van der Waals surface area contributed by atoms with Gasteiger partial charge in [0.2, 0.25) is 5.91 Å². The second-order valence-corrected chi connectivity index (χ2v) is 6.37. The van der Waals surface area contributed by atoms with Crippen molar-refractivity contribution in [1.82, 2.24) is 5.32 Å². The van der Waals surface area contributed by atoms with Crippen molar-refractivity contribution in [2.45, 2.75) is 44.8 Å². The van der Waals surface area contributed by atoms with Gasteiger partial charge in [0.15, 0.2) is 0 Å². The summed E-state index contributed by atoms with van der Waals surface area (Å²) < 4.78 is 5.63. The number of rotatable bonds is 2. The molecule has 0 radical (unpaired) electrons. The van der Waals surface area contributed by atoms with Gasteiger partial charge in [-0.2, -0.15) is 0 Å². The molecule has 0 saturated carbocycles. The summed E-state index contributed by atoms with van der Waals surface area (Å²) in [6.07, 6.45) is 1.98. The zero-order valence-corrected chi connectivity index (χ0v) is 12.4. The first-order chi connectivity index (χ1) is 9.93. The first-order valence-corrected chi connectivity index (χ1v) is 7.30. The standard InChI is InChI=1S/C16H20N2O3/c1-16(2)8-12(9-21-16)17-15(20)11-3-5-13-10(7-11)4-6-14(19)18-13/h3,5,7,12H,4,6,8-9H2,1-2H3,(H,17,20)(H,18,19). The minimum absolute atomic E-state index is 0.0324. The molecule has 0 aromatic heterocycles. The highest BCUT2D eigenvalue weighted by Crippen LogP contribution is 2.26. The van der Waals surface area contributed by atoms with Crippen LogP contribution in [0.3, 0.4) is 0 Å². The maximum atomic E-state index is 12.3. The van der Waals surface area contributed by atoms with E-state index in [2.05, 4.69) is 10.6 Å². The average molecular weight is 288 g/mol. The predicted molar refractivity (Wildman–Crippen MR) is 79.3 cm³/mol. The van der Waals surface area contributed by atoms with Gasteiger partial charge in [0.1, 0.15) is 0 Å². The molecule has 1 fully saturated rings. The molecule has 1 unspecified atom stereocenters. The summed E-state index contributed by atoms with van der Waals surface area (Å²) in [4.78, 5) is 23.6. The Morgan fingerprint density at radius 1 is 1.38 bits per heavy atom. The van der Waals surface area contributed by atoms with Crippen molar-refractivity contribution >= 4 is 17.5 Å². The molecule has 5 nitrogen and oxygen atoms in total. The molecule has 0 aliphatic carbocycles.